The summed E-state index contributed by atoms with van der Waals surface area (Å²) in [5, 5.41) is 13.6. The quantitative estimate of drug-likeness (QED) is 0.689. The van der Waals surface area contributed by atoms with Crippen LogP contribution in [0.5, 0.6) is 5.75 Å². The minimum atomic E-state index is -0.961. The fourth-order valence-corrected chi connectivity index (χ4v) is 4.05. The maximum Gasteiger partial charge on any atom is 0.337 e. The molecule has 4 rings (SSSR count). The third-order valence-electron chi connectivity index (χ3n) is 4.67. The van der Waals surface area contributed by atoms with E-state index in [4.69, 9.17) is 4.74 Å². The molecular weight excluding hydrogens is 362 g/mol. The highest BCUT2D eigenvalue weighted by Gasteiger charge is 2.23. The van der Waals surface area contributed by atoms with Crippen LogP contribution in [0.2, 0.25) is 0 Å². The second kappa shape index (κ2) is 7.36. The molecule has 0 fully saturated rings. The molecule has 1 aliphatic heterocycles. The number of anilines is 1. The molecule has 3 heterocycles. The van der Waals surface area contributed by atoms with Crippen molar-refractivity contribution < 1.29 is 14.6 Å². The van der Waals surface area contributed by atoms with Crippen LogP contribution in [0.1, 0.15) is 33.3 Å². The molecule has 6 nitrogen and oxygen atoms in total. The summed E-state index contributed by atoms with van der Waals surface area (Å²) in [5.74, 6) is 0.172. The number of nitrogens with zero attached hydrogens (tertiary/aromatic N) is 2. The molecule has 0 bridgehead atoms. The van der Waals surface area contributed by atoms with Crippen molar-refractivity contribution in [1.82, 2.24) is 9.97 Å². The number of ether oxygens (including phenoxy) is 1. The average molecular weight is 381 g/mol. The van der Waals surface area contributed by atoms with Gasteiger partial charge in [0.25, 0.3) is 0 Å². The van der Waals surface area contributed by atoms with Gasteiger partial charge in [-0.2, -0.15) is 0 Å². The zero-order valence-electron chi connectivity index (χ0n) is 14.8. The van der Waals surface area contributed by atoms with Crippen molar-refractivity contribution in [2.45, 2.75) is 19.3 Å². The molecule has 1 aliphatic rings. The van der Waals surface area contributed by atoms with Gasteiger partial charge in [0, 0.05) is 24.9 Å². The van der Waals surface area contributed by atoms with Crippen LogP contribution in [0.25, 0.3) is 10.4 Å². The molecule has 0 spiro atoms. The van der Waals surface area contributed by atoms with E-state index in [2.05, 4.69) is 33.5 Å². The first kappa shape index (κ1) is 17.5. The van der Waals surface area contributed by atoms with Crippen molar-refractivity contribution in [2.24, 2.45) is 0 Å². The molecule has 0 radical (unpaired) electrons. The number of thiazole rings is 1. The molecule has 2 aromatic heterocycles. The van der Waals surface area contributed by atoms with E-state index >= 15 is 0 Å². The number of pyridine rings is 1. The zero-order chi connectivity index (χ0) is 18.8. The highest BCUT2D eigenvalue weighted by Crippen LogP contribution is 2.38. The molecule has 0 saturated heterocycles. The van der Waals surface area contributed by atoms with Gasteiger partial charge in [0.15, 0.2) is 0 Å². The minimum absolute atomic E-state index is 0.230. The van der Waals surface area contributed by atoms with Gasteiger partial charge in [-0.15, -0.1) is 11.3 Å². The lowest BCUT2D eigenvalue weighted by Gasteiger charge is -2.27. The fourth-order valence-electron chi connectivity index (χ4n) is 3.28. The minimum Gasteiger partial charge on any atom is -0.493 e. The summed E-state index contributed by atoms with van der Waals surface area (Å²) in [6, 6.07) is 7.78. The lowest BCUT2D eigenvalue weighted by atomic mass is 9.92. The van der Waals surface area contributed by atoms with E-state index in [9.17, 15) is 9.90 Å². The molecule has 7 heteroatoms. The van der Waals surface area contributed by atoms with Crippen LogP contribution in [-0.2, 0) is 0 Å². The molecule has 2 N–H and O–H groups in total. The number of aromatic nitrogens is 2. The Morgan fingerprint density at radius 1 is 1.37 bits per heavy atom. The number of carboxylic acids is 1. The number of benzene rings is 1. The second-order valence-electron chi connectivity index (χ2n) is 6.44. The SMILES string of the molecule is Cc1ncc(-c2ccc3c(c2)OCC[C@@H]3CNc2cnccc2C(=O)O)s1. The first-order chi connectivity index (χ1) is 13.1. The summed E-state index contributed by atoms with van der Waals surface area (Å²) in [7, 11) is 0. The van der Waals surface area contributed by atoms with E-state index < -0.39 is 5.97 Å². The number of aryl methyl sites for hydroxylation is 1. The fraction of sp³-hybridized carbons (Fsp3) is 0.250. The molecule has 0 saturated carbocycles. The number of hydrogen-bond acceptors (Lipinski definition) is 6. The predicted octanol–water partition coefficient (Wildman–Crippen LogP) is 4.19. The van der Waals surface area contributed by atoms with E-state index in [-0.39, 0.29) is 11.5 Å². The van der Waals surface area contributed by atoms with E-state index in [1.165, 1.54) is 12.3 Å². The van der Waals surface area contributed by atoms with Crippen LogP contribution in [-0.4, -0.2) is 34.2 Å². The first-order valence-corrected chi connectivity index (χ1v) is 9.54. The number of rotatable bonds is 5. The molecule has 0 unspecified atom stereocenters. The van der Waals surface area contributed by atoms with Crippen molar-refractivity contribution in [3.63, 3.8) is 0 Å². The van der Waals surface area contributed by atoms with Gasteiger partial charge in [0.1, 0.15) is 5.75 Å². The van der Waals surface area contributed by atoms with Crippen molar-refractivity contribution in [1.29, 1.82) is 0 Å². The maximum absolute atomic E-state index is 11.4. The molecule has 3 aromatic rings. The average Bonchev–Trinajstić information content (AvgIpc) is 3.12. The van der Waals surface area contributed by atoms with Gasteiger partial charge in [-0.25, -0.2) is 9.78 Å². The Morgan fingerprint density at radius 2 is 2.26 bits per heavy atom. The number of hydrogen-bond donors (Lipinski definition) is 2. The van der Waals surface area contributed by atoms with Crippen LogP contribution in [0.15, 0.2) is 42.9 Å². The Bertz CT molecular complexity index is 986. The summed E-state index contributed by atoms with van der Waals surface area (Å²) >= 11 is 1.66. The van der Waals surface area contributed by atoms with E-state index in [0.29, 0.717) is 18.8 Å². The summed E-state index contributed by atoms with van der Waals surface area (Å²) in [6.07, 6.45) is 5.81. The molecular formula is C20H19N3O3S. The van der Waals surface area contributed by atoms with Crippen molar-refractivity contribution in [3.8, 4) is 16.2 Å². The lowest BCUT2D eigenvalue weighted by molar-refractivity contribution is 0.0697. The summed E-state index contributed by atoms with van der Waals surface area (Å²) in [6.45, 7) is 3.26. The van der Waals surface area contributed by atoms with Gasteiger partial charge in [0.2, 0.25) is 0 Å². The van der Waals surface area contributed by atoms with Gasteiger partial charge in [-0.3, -0.25) is 4.98 Å². The smallest absolute Gasteiger partial charge is 0.337 e. The Morgan fingerprint density at radius 3 is 3.04 bits per heavy atom. The van der Waals surface area contributed by atoms with Crippen LogP contribution in [0.4, 0.5) is 5.69 Å². The van der Waals surface area contributed by atoms with Gasteiger partial charge in [-0.05, 0) is 36.6 Å². The van der Waals surface area contributed by atoms with Gasteiger partial charge < -0.3 is 15.2 Å². The maximum atomic E-state index is 11.4. The lowest BCUT2D eigenvalue weighted by Crippen LogP contribution is -2.21. The highest BCUT2D eigenvalue weighted by molar-refractivity contribution is 7.15. The highest BCUT2D eigenvalue weighted by atomic mass is 32.1. The normalized spacial score (nSPS) is 15.7. The zero-order valence-corrected chi connectivity index (χ0v) is 15.6. The standard InChI is InChI=1S/C20H19N3O3S/c1-12-22-11-19(27-12)13-2-3-15-14(5-7-26-18(15)8-13)9-23-17-10-21-6-4-16(17)20(24)25/h2-4,6,8,10-11,14,23H,5,7,9H2,1H3,(H,24,25)/t14-/m1/s1. The summed E-state index contributed by atoms with van der Waals surface area (Å²) in [4.78, 5) is 20.8. The topological polar surface area (TPSA) is 84.3 Å². The summed E-state index contributed by atoms with van der Waals surface area (Å²) < 4.78 is 5.89. The van der Waals surface area contributed by atoms with Gasteiger partial charge in [0.05, 0.1) is 33.9 Å². The van der Waals surface area contributed by atoms with E-state index in [1.807, 2.05) is 13.1 Å². The van der Waals surface area contributed by atoms with Crippen molar-refractivity contribution in [3.05, 3.63) is 59.0 Å². The number of nitrogens with one attached hydrogen (secondary N) is 1. The Kier molecular flexibility index (Phi) is 4.77. The number of aromatic carboxylic acids is 1. The van der Waals surface area contributed by atoms with Crippen molar-refractivity contribution >= 4 is 23.0 Å². The Hall–Kier alpha value is -2.93. The molecule has 1 aromatic carbocycles. The Labute approximate surface area is 160 Å². The van der Waals surface area contributed by atoms with E-state index in [1.54, 1.807) is 17.5 Å². The predicted molar refractivity (Wildman–Crippen MR) is 105 cm³/mol. The molecule has 27 heavy (non-hydrogen) atoms. The van der Waals surface area contributed by atoms with Gasteiger partial charge >= 0.3 is 5.97 Å². The van der Waals surface area contributed by atoms with Gasteiger partial charge in [-0.1, -0.05) is 12.1 Å². The molecule has 0 aliphatic carbocycles. The first-order valence-electron chi connectivity index (χ1n) is 8.72. The van der Waals surface area contributed by atoms with Crippen LogP contribution < -0.4 is 10.1 Å². The number of fused-ring (bicyclic) bond motifs is 1. The monoisotopic (exact) mass is 381 g/mol. The molecule has 0 amide bonds. The van der Waals surface area contributed by atoms with Crippen LogP contribution >= 0.6 is 11.3 Å². The van der Waals surface area contributed by atoms with Crippen LogP contribution in [0.3, 0.4) is 0 Å². The van der Waals surface area contributed by atoms with Crippen LogP contribution in [0, 0.1) is 6.92 Å². The summed E-state index contributed by atoms with van der Waals surface area (Å²) in [5.41, 5.74) is 3.01. The largest absolute Gasteiger partial charge is 0.493 e. The number of carboxylic acid groups (broad SMARTS) is 1. The third-order valence-corrected chi connectivity index (χ3v) is 5.64. The Balaban J connectivity index is 1.54. The van der Waals surface area contributed by atoms with Crippen molar-refractivity contribution in [2.75, 3.05) is 18.5 Å². The number of carbonyl (C=O) groups is 1. The second-order valence-corrected chi connectivity index (χ2v) is 7.67. The molecule has 138 valence electrons. The third kappa shape index (κ3) is 3.64. The van der Waals surface area contributed by atoms with E-state index in [0.717, 1.165) is 33.2 Å². The molecule has 1 atom stereocenters.